The van der Waals surface area contributed by atoms with Gasteiger partial charge in [0, 0.05) is 44.1 Å². The van der Waals surface area contributed by atoms with Crippen LogP contribution in [0.15, 0.2) is 43.1 Å². The largest absolute Gasteiger partial charge is 0.354 e. The fraction of sp³-hybridized carbons (Fsp3) is 0.368. The van der Waals surface area contributed by atoms with Crippen molar-refractivity contribution in [3.63, 3.8) is 0 Å². The van der Waals surface area contributed by atoms with Crippen LogP contribution in [-0.4, -0.2) is 56.9 Å². The van der Waals surface area contributed by atoms with E-state index in [0.29, 0.717) is 12.1 Å². The number of likely N-dealkylation sites (N-methyl/N-ethyl adjacent to an activating group) is 1. The molecule has 1 unspecified atom stereocenters. The number of amides is 1. The van der Waals surface area contributed by atoms with Crippen LogP contribution in [0.2, 0.25) is 0 Å². The molecule has 4 heterocycles. The number of carbonyl (C=O) groups excluding carboxylic acids is 1. The number of fused-ring (bicyclic) bond motifs is 1. The number of anilines is 1. The van der Waals surface area contributed by atoms with E-state index in [-0.39, 0.29) is 17.4 Å². The number of hydrogen-bond donors (Lipinski definition) is 1. The van der Waals surface area contributed by atoms with Crippen molar-refractivity contribution < 1.29 is 4.79 Å². The van der Waals surface area contributed by atoms with Crippen molar-refractivity contribution in [2.24, 2.45) is 5.41 Å². The van der Waals surface area contributed by atoms with Gasteiger partial charge in [-0.3, -0.25) is 9.78 Å². The molecule has 7 heteroatoms. The summed E-state index contributed by atoms with van der Waals surface area (Å²) >= 11 is 0. The Morgan fingerprint density at radius 1 is 1.35 bits per heavy atom. The Kier molecular flexibility index (Phi) is 3.25. The zero-order valence-electron chi connectivity index (χ0n) is 14.6. The number of H-pyrrole nitrogens is 1. The summed E-state index contributed by atoms with van der Waals surface area (Å²) in [6.07, 6.45) is 9.12. The molecule has 132 valence electrons. The second-order valence-corrected chi connectivity index (χ2v) is 7.35. The molecule has 3 aromatic rings. The molecule has 1 aliphatic carbocycles. The van der Waals surface area contributed by atoms with Crippen molar-refractivity contribution in [1.82, 2.24) is 24.8 Å². The number of aromatic nitrogens is 4. The first-order valence-electron chi connectivity index (χ1n) is 8.88. The molecule has 1 amide bonds. The molecule has 1 spiro atoms. The maximum atomic E-state index is 12.9. The second-order valence-electron chi connectivity index (χ2n) is 7.35. The lowest BCUT2D eigenvalue weighted by Crippen LogP contribution is -2.40. The third kappa shape index (κ3) is 2.27. The van der Waals surface area contributed by atoms with Crippen LogP contribution in [-0.2, 0) is 0 Å². The van der Waals surface area contributed by atoms with E-state index >= 15 is 0 Å². The fourth-order valence-corrected chi connectivity index (χ4v) is 4.25. The molecule has 3 aromatic heterocycles. The van der Waals surface area contributed by atoms with Gasteiger partial charge in [0.1, 0.15) is 17.8 Å². The van der Waals surface area contributed by atoms with Crippen LogP contribution < -0.4 is 4.90 Å². The van der Waals surface area contributed by atoms with E-state index in [4.69, 9.17) is 0 Å². The number of pyridine rings is 1. The SMILES string of the molecule is CN(c1ncnc2[nH]ccc12)C1CN(C(=O)c2cccnc2)CC12CC2. The lowest BCUT2D eigenvalue weighted by Gasteiger charge is -2.30. The number of nitrogens with zero attached hydrogens (tertiary/aromatic N) is 5. The minimum absolute atomic E-state index is 0.0646. The summed E-state index contributed by atoms with van der Waals surface area (Å²) in [5.74, 6) is 0.984. The van der Waals surface area contributed by atoms with Crippen LogP contribution in [0.3, 0.4) is 0 Å². The first-order valence-corrected chi connectivity index (χ1v) is 8.88. The number of likely N-dealkylation sites (tertiary alicyclic amines) is 1. The number of rotatable bonds is 3. The van der Waals surface area contributed by atoms with E-state index < -0.39 is 0 Å². The molecule has 2 fully saturated rings. The van der Waals surface area contributed by atoms with Gasteiger partial charge in [-0.2, -0.15) is 0 Å². The zero-order chi connectivity index (χ0) is 17.7. The van der Waals surface area contributed by atoms with Gasteiger partial charge < -0.3 is 14.8 Å². The van der Waals surface area contributed by atoms with Gasteiger partial charge in [0.25, 0.3) is 5.91 Å². The Morgan fingerprint density at radius 3 is 3.00 bits per heavy atom. The molecule has 26 heavy (non-hydrogen) atoms. The van der Waals surface area contributed by atoms with E-state index in [1.54, 1.807) is 18.7 Å². The first kappa shape index (κ1) is 15.3. The summed E-state index contributed by atoms with van der Waals surface area (Å²) in [7, 11) is 2.08. The van der Waals surface area contributed by atoms with Gasteiger partial charge in [0.2, 0.25) is 0 Å². The van der Waals surface area contributed by atoms with Gasteiger partial charge >= 0.3 is 0 Å². The molecule has 1 saturated carbocycles. The Bertz CT molecular complexity index is 964. The van der Waals surface area contributed by atoms with E-state index in [9.17, 15) is 4.79 Å². The number of nitrogens with one attached hydrogen (secondary N) is 1. The number of aromatic amines is 1. The van der Waals surface area contributed by atoms with Crippen LogP contribution in [0, 0.1) is 5.41 Å². The van der Waals surface area contributed by atoms with E-state index in [0.717, 1.165) is 36.2 Å². The number of carbonyl (C=O) groups is 1. The highest BCUT2D eigenvalue weighted by Gasteiger charge is 2.57. The predicted octanol–water partition coefficient (Wildman–Crippen LogP) is 2.09. The minimum atomic E-state index is 0.0646. The average Bonchev–Trinajstić information content (AvgIpc) is 3.12. The van der Waals surface area contributed by atoms with Crippen LogP contribution in [0.1, 0.15) is 23.2 Å². The third-order valence-corrected chi connectivity index (χ3v) is 5.83. The highest BCUT2D eigenvalue weighted by atomic mass is 16.2. The first-order chi connectivity index (χ1) is 12.7. The van der Waals surface area contributed by atoms with E-state index in [2.05, 4.69) is 31.9 Å². The number of hydrogen-bond acceptors (Lipinski definition) is 5. The molecule has 2 aliphatic rings. The monoisotopic (exact) mass is 348 g/mol. The Labute approximate surface area is 151 Å². The molecule has 7 nitrogen and oxygen atoms in total. The molecule has 1 saturated heterocycles. The maximum absolute atomic E-state index is 12.9. The average molecular weight is 348 g/mol. The summed E-state index contributed by atoms with van der Waals surface area (Å²) in [6.45, 7) is 1.51. The zero-order valence-corrected chi connectivity index (χ0v) is 14.6. The quantitative estimate of drug-likeness (QED) is 0.784. The molecular formula is C19H20N6O. The lowest BCUT2D eigenvalue weighted by molar-refractivity contribution is 0.0784. The van der Waals surface area contributed by atoms with Gasteiger partial charge in [-0.25, -0.2) is 9.97 Å². The Balaban J connectivity index is 1.44. The molecular weight excluding hydrogens is 328 g/mol. The fourth-order valence-electron chi connectivity index (χ4n) is 4.25. The highest BCUT2D eigenvalue weighted by Crippen LogP contribution is 2.55. The normalized spacial score (nSPS) is 20.7. The van der Waals surface area contributed by atoms with Crippen LogP contribution in [0.5, 0.6) is 0 Å². The third-order valence-electron chi connectivity index (χ3n) is 5.83. The lowest BCUT2D eigenvalue weighted by atomic mass is 9.99. The van der Waals surface area contributed by atoms with Crippen LogP contribution in [0.25, 0.3) is 11.0 Å². The molecule has 0 aromatic carbocycles. The van der Waals surface area contributed by atoms with Gasteiger partial charge in [0.15, 0.2) is 0 Å². The summed E-state index contributed by atoms with van der Waals surface area (Å²) in [5, 5.41) is 1.02. The van der Waals surface area contributed by atoms with Crippen LogP contribution in [0.4, 0.5) is 5.82 Å². The van der Waals surface area contributed by atoms with Crippen molar-refractivity contribution in [1.29, 1.82) is 0 Å². The van der Waals surface area contributed by atoms with Crippen molar-refractivity contribution >= 4 is 22.8 Å². The predicted molar refractivity (Wildman–Crippen MR) is 97.9 cm³/mol. The van der Waals surface area contributed by atoms with Gasteiger partial charge in [-0.1, -0.05) is 0 Å². The van der Waals surface area contributed by atoms with E-state index in [1.165, 1.54) is 0 Å². The molecule has 1 atom stereocenters. The molecule has 1 N–H and O–H groups in total. The summed E-state index contributed by atoms with van der Waals surface area (Å²) in [6, 6.07) is 5.91. The smallest absolute Gasteiger partial charge is 0.255 e. The van der Waals surface area contributed by atoms with E-state index in [1.807, 2.05) is 29.3 Å². The van der Waals surface area contributed by atoms with Gasteiger partial charge in [-0.05, 0) is 31.0 Å². The Morgan fingerprint density at radius 2 is 2.23 bits per heavy atom. The summed E-state index contributed by atoms with van der Waals surface area (Å²) < 4.78 is 0. The molecule has 0 radical (unpaired) electrons. The molecule has 5 rings (SSSR count). The Hall–Kier alpha value is -2.96. The van der Waals surface area contributed by atoms with Gasteiger partial charge in [0.05, 0.1) is 17.0 Å². The van der Waals surface area contributed by atoms with Crippen molar-refractivity contribution in [3.8, 4) is 0 Å². The van der Waals surface area contributed by atoms with Crippen molar-refractivity contribution in [2.45, 2.75) is 18.9 Å². The van der Waals surface area contributed by atoms with Gasteiger partial charge in [-0.15, -0.1) is 0 Å². The maximum Gasteiger partial charge on any atom is 0.255 e. The highest BCUT2D eigenvalue weighted by molar-refractivity contribution is 5.94. The summed E-state index contributed by atoms with van der Waals surface area (Å²) in [5.41, 5.74) is 1.68. The second kappa shape index (κ2) is 5.52. The topological polar surface area (TPSA) is 78.0 Å². The van der Waals surface area contributed by atoms with Crippen molar-refractivity contribution in [2.75, 3.05) is 25.0 Å². The summed E-state index contributed by atoms with van der Waals surface area (Å²) in [4.78, 5) is 33.1. The van der Waals surface area contributed by atoms with Crippen LogP contribution >= 0.6 is 0 Å². The molecule has 0 bridgehead atoms. The minimum Gasteiger partial charge on any atom is -0.354 e. The standard InChI is InChI=1S/C19H20N6O/c1-24(17-14-4-8-21-16(14)22-12-23-17)15-10-25(11-19(15)5-6-19)18(26)13-3-2-7-20-9-13/h2-4,7-9,12,15H,5-6,10-11H2,1H3,(H,21,22,23). The van der Waals surface area contributed by atoms with Crippen molar-refractivity contribution in [3.05, 3.63) is 48.7 Å². The molecule has 1 aliphatic heterocycles.